The zero-order valence-corrected chi connectivity index (χ0v) is 59.6. The summed E-state index contributed by atoms with van der Waals surface area (Å²) in [5.41, 5.74) is 39.0. The lowest BCUT2D eigenvalue weighted by molar-refractivity contribution is 1.23. The molecular formula is C84H100N8. The fourth-order valence-corrected chi connectivity index (χ4v) is 12.4. The van der Waals surface area contributed by atoms with E-state index in [2.05, 4.69) is 333 Å². The van der Waals surface area contributed by atoms with Crippen molar-refractivity contribution in [2.45, 2.75) is 166 Å². The average Bonchev–Trinajstić information content (AvgIpc) is 0.827. The molecule has 0 aliphatic carbocycles. The zero-order chi connectivity index (χ0) is 67.4. The maximum Gasteiger partial charge on any atom is 0.0691 e. The summed E-state index contributed by atoms with van der Waals surface area (Å²) in [5.74, 6) is 0. The Morgan fingerprint density at radius 1 is 0.196 bits per heavy atom. The Bertz CT molecular complexity index is 3640. The predicted octanol–water partition coefficient (Wildman–Crippen LogP) is 23.6. The molecule has 4 N–H and O–H groups in total. The minimum atomic E-state index is 0.919. The fourth-order valence-electron chi connectivity index (χ4n) is 12.4. The van der Waals surface area contributed by atoms with Crippen LogP contribution < -0.4 is 21.3 Å². The summed E-state index contributed by atoms with van der Waals surface area (Å²) in [4.78, 5) is 21.4. The van der Waals surface area contributed by atoms with E-state index in [0.717, 1.165) is 158 Å². The normalized spacial score (nSPS) is 13.3. The van der Waals surface area contributed by atoms with Crippen LogP contribution in [0.15, 0.2) is 211 Å². The molecule has 0 amide bonds. The first-order chi connectivity index (χ1) is 43.6. The maximum absolute atomic E-state index is 5.34. The van der Waals surface area contributed by atoms with Gasteiger partial charge in [0.05, 0.1) is 22.7 Å². The van der Waals surface area contributed by atoms with E-state index in [4.69, 9.17) is 20.0 Å². The Labute approximate surface area is 552 Å². The van der Waals surface area contributed by atoms with Gasteiger partial charge in [-0.2, -0.15) is 0 Å². The van der Waals surface area contributed by atoms with Gasteiger partial charge >= 0.3 is 0 Å². The molecule has 0 spiro atoms. The van der Waals surface area contributed by atoms with Crippen molar-refractivity contribution in [2.75, 3.05) is 21.3 Å². The molecule has 0 saturated heterocycles. The minimum Gasteiger partial charge on any atom is -0.358 e. The Morgan fingerprint density at radius 2 is 0.315 bits per heavy atom. The van der Waals surface area contributed by atoms with E-state index in [1.54, 1.807) is 0 Å². The lowest BCUT2D eigenvalue weighted by Gasteiger charge is -2.24. The number of benzene rings is 8. The van der Waals surface area contributed by atoms with Gasteiger partial charge in [0.2, 0.25) is 0 Å². The highest BCUT2D eigenvalue weighted by Gasteiger charge is 2.24. The summed E-state index contributed by atoms with van der Waals surface area (Å²) < 4.78 is 0. The largest absolute Gasteiger partial charge is 0.358 e. The van der Waals surface area contributed by atoms with Gasteiger partial charge in [0, 0.05) is 90.7 Å². The molecule has 8 nitrogen and oxygen atoms in total. The second-order valence-corrected chi connectivity index (χ2v) is 25.3. The molecule has 92 heavy (non-hydrogen) atoms. The first kappa shape index (κ1) is 70.1. The Kier molecular flexibility index (Phi) is 23.7. The molecule has 8 aromatic carbocycles. The standard InChI is InChI=1S/2C42H50N4/c2*1-25-17-13-18-26(2)39(25)43-33(9)37(34(10)44-40-27(3)19-14-20-28(40)4)38(35(11)45-41-29(5)21-15-22-30(41)6)36(12)46-42-31(7)23-16-24-32(42)8/h2*13-24,43,45H,1-12H3/b2*37-33+,38-35+,44-34?,46-36?. The smallest absolute Gasteiger partial charge is 0.0691 e. The van der Waals surface area contributed by atoms with Gasteiger partial charge in [-0.05, 0) is 255 Å². The molecule has 0 aliphatic rings. The van der Waals surface area contributed by atoms with Crippen LogP contribution >= 0.6 is 0 Å². The van der Waals surface area contributed by atoms with Gasteiger partial charge in [-0.1, -0.05) is 146 Å². The summed E-state index contributed by atoms with van der Waals surface area (Å²) >= 11 is 0. The molecule has 0 atom stereocenters. The first-order valence-electron chi connectivity index (χ1n) is 32.2. The molecule has 476 valence electrons. The number of aliphatic imine (C=N–C) groups is 4. The number of hydrogen-bond acceptors (Lipinski definition) is 8. The molecule has 0 saturated carbocycles. The SMILES string of the molecule is CC(=Nc1c(C)cccc1C)C(=C(/C)Nc1c(C)cccc1C)/C(C(C)=Nc1c(C)cccc1C)=C(\C)Nc1c(C)cccc1C.CC(=Nc1c(C)cccc1C)C(=C(/C)Nc1c(C)cccc1C)/C(C(C)=Nc1c(C)cccc1C)=C(\C)Nc1c(C)cccc1C. The van der Waals surface area contributed by atoms with Crippen LogP contribution in [0.5, 0.6) is 0 Å². The van der Waals surface area contributed by atoms with Crippen molar-refractivity contribution in [3.63, 3.8) is 0 Å². The molecule has 0 aliphatic heterocycles. The van der Waals surface area contributed by atoms with E-state index in [0.29, 0.717) is 0 Å². The molecule has 8 rings (SSSR count). The van der Waals surface area contributed by atoms with Crippen LogP contribution in [-0.2, 0) is 0 Å². The molecule has 0 bridgehead atoms. The van der Waals surface area contributed by atoms with E-state index >= 15 is 0 Å². The van der Waals surface area contributed by atoms with Crippen molar-refractivity contribution in [3.05, 3.63) is 280 Å². The topological polar surface area (TPSA) is 97.6 Å². The van der Waals surface area contributed by atoms with Crippen molar-refractivity contribution in [2.24, 2.45) is 20.0 Å². The second-order valence-electron chi connectivity index (χ2n) is 25.3. The van der Waals surface area contributed by atoms with Gasteiger partial charge in [0.15, 0.2) is 0 Å². The summed E-state index contributed by atoms with van der Waals surface area (Å²) in [6.45, 7) is 51.3. The van der Waals surface area contributed by atoms with Crippen molar-refractivity contribution >= 4 is 68.3 Å². The van der Waals surface area contributed by atoms with Crippen molar-refractivity contribution in [3.8, 4) is 0 Å². The van der Waals surface area contributed by atoms with Crippen LogP contribution in [0.3, 0.4) is 0 Å². The summed E-state index contributed by atoms with van der Waals surface area (Å²) in [6, 6.07) is 51.0. The van der Waals surface area contributed by atoms with E-state index in [1.807, 2.05) is 0 Å². The Morgan fingerprint density at radius 3 is 0.446 bits per heavy atom. The monoisotopic (exact) mass is 1220 g/mol. The van der Waals surface area contributed by atoms with E-state index < -0.39 is 0 Å². The number of hydrogen-bond donors (Lipinski definition) is 4. The van der Waals surface area contributed by atoms with Gasteiger partial charge in [0.1, 0.15) is 0 Å². The Hall–Kier alpha value is -9.40. The summed E-state index contributed by atoms with van der Waals surface area (Å²) in [6.07, 6.45) is 0. The van der Waals surface area contributed by atoms with Crippen LogP contribution in [0.4, 0.5) is 45.5 Å². The molecule has 0 fully saturated rings. The molecule has 0 unspecified atom stereocenters. The van der Waals surface area contributed by atoms with Crippen molar-refractivity contribution < 1.29 is 0 Å². The van der Waals surface area contributed by atoms with E-state index in [1.165, 1.54) is 44.5 Å². The predicted molar refractivity (Wildman–Crippen MR) is 404 cm³/mol. The lowest BCUT2D eigenvalue weighted by Crippen LogP contribution is -2.18. The van der Waals surface area contributed by atoms with Gasteiger partial charge in [-0.3, -0.25) is 20.0 Å². The van der Waals surface area contributed by atoms with Gasteiger partial charge < -0.3 is 21.3 Å². The van der Waals surface area contributed by atoms with Crippen molar-refractivity contribution in [1.29, 1.82) is 0 Å². The number of rotatable bonds is 18. The zero-order valence-electron chi connectivity index (χ0n) is 59.6. The van der Waals surface area contributed by atoms with E-state index in [9.17, 15) is 0 Å². The third kappa shape index (κ3) is 16.8. The van der Waals surface area contributed by atoms with Crippen LogP contribution in [0.25, 0.3) is 0 Å². The number of anilines is 4. The quantitative estimate of drug-likeness (QED) is 0.0508. The Balaban J connectivity index is 0.000000261. The van der Waals surface area contributed by atoms with Crippen LogP contribution in [0, 0.1) is 111 Å². The average molecular weight is 1220 g/mol. The van der Waals surface area contributed by atoms with Crippen molar-refractivity contribution in [1.82, 2.24) is 0 Å². The number of para-hydroxylation sites is 8. The number of nitrogens with zero attached hydrogens (tertiary/aromatic N) is 4. The lowest BCUT2D eigenvalue weighted by atomic mass is 9.93. The highest BCUT2D eigenvalue weighted by molar-refractivity contribution is 6.18. The van der Waals surface area contributed by atoms with Crippen LogP contribution in [0.1, 0.15) is 144 Å². The van der Waals surface area contributed by atoms with Gasteiger partial charge in [0.25, 0.3) is 0 Å². The van der Waals surface area contributed by atoms with Gasteiger partial charge in [-0.25, -0.2) is 0 Å². The summed E-state index contributed by atoms with van der Waals surface area (Å²) in [5, 5.41) is 15.3. The first-order valence-corrected chi connectivity index (χ1v) is 32.2. The van der Waals surface area contributed by atoms with Crippen LogP contribution in [-0.4, -0.2) is 22.8 Å². The molecule has 0 radical (unpaired) electrons. The highest BCUT2D eigenvalue weighted by atomic mass is 14.9. The minimum absolute atomic E-state index is 0.919. The van der Waals surface area contributed by atoms with Crippen LogP contribution in [0.2, 0.25) is 0 Å². The third-order valence-corrected chi connectivity index (χ3v) is 17.5. The number of nitrogens with one attached hydrogen (secondary N) is 4. The molecule has 0 heterocycles. The molecule has 8 aromatic rings. The highest BCUT2D eigenvalue weighted by Crippen LogP contribution is 2.37. The maximum atomic E-state index is 5.34. The molecule has 8 heteroatoms. The summed E-state index contributed by atoms with van der Waals surface area (Å²) in [7, 11) is 0. The second kappa shape index (κ2) is 31.1. The van der Waals surface area contributed by atoms with E-state index in [-0.39, 0.29) is 0 Å². The van der Waals surface area contributed by atoms with Gasteiger partial charge in [-0.15, -0.1) is 0 Å². The number of allylic oxidation sites excluding steroid dienone is 8. The number of aryl methyl sites for hydroxylation is 16. The third-order valence-electron chi connectivity index (χ3n) is 17.5. The molecule has 0 aromatic heterocycles. The fraction of sp³-hybridized carbons (Fsp3) is 0.286. The molecular weight excluding hydrogens is 1120 g/mol.